The molecule has 3 nitrogen and oxygen atoms in total. The molecule has 0 spiro atoms. The Kier molecular flexibility index (Phi) is 4.10. The summed E-state index contributed by atoms with van der Waals surface area (Å²) >= 11 is 3.62. The molecule has 2 fully saturated rings. The highest BCUT2D eigenvalue weighted by Crippen LogP contribution is 2.27. The minimum absolute atomic E-state index is 0.780. The highest BCUT2D eigenvalue weighted by molar-refractivity contribution is 9.10. The van der Waals surface area contributed by atoms with Gasteiger partial charge in [0.05, 0.1) is 0 Å². The van der Waals surface area contributed by atoms with Gasteiger partial charge >= 0.3 is 0 Å². The van der Waals surface area contributed by atoms with E-state index in [4.69, 9.17) is 5.73 Å². The van der Waals surface area contributed by atoms with Crippen LogP contribution in [0, 0.1) is 0 Å². The minimum Gasteiger partial charge on any atom is -0.398 e. The van der Waals surface area contributed by atoms with E-state index in [9.17, 15) is 0 Å². The zero-order valence-corrected chi connectivity index (χ0v) is 12.9. The molecule has 0 amide bonds. The van der Waals surface area contributed by atoms with Crippen molar-refractivity contribution >= 4 is 21.6 Å². The molecule has 2 saturated heterocycles. The van der Waals surface area contributed by atoms with Crippen molar-refractivity contribution in [3.8, 4) is 0 Å². The molecule has 0 aliphatic carbocycles. The second-order valence-electron chi connectivity index (χ2n) is 5.74. The number of fused-ring (bicyclic) bond motifs is 1. The number of halogens is 1. The van der Waals surface area contributed by atoms with Gasteiger partial charge in [-0.15, -0.1) is 0 Å². The van der Waals surface area contributed by atoms with Crippen molar-refractivity contribution in [1.82, 2.24) is 9.80 Å². The van der Waals surface area contributed by atoms with Gasteiger partial charge in [0, 0.05) is 29.3 Å². The van der Waals surface area contributed by atoms with Crippen LogP contribution in [-0.2, 0) is 6.54 Å². The lowest BCUT2D eigenvalue weighted by Crippen LogP contribution is -2.36. The third-order valence-corrected chi connectivity index (χ3v) is 5.36. The summed E-state index contributed by atoms with van der Waals surface area (Å²) in [6, 6.07) is 6.96. The lowest BCUT2D eigenvalue weighted by atomic mass is 10.1. The predicted octanol–water partition coefficient (Wildman–Crippen LogP) is 2.70. The highest BCUT2D eigenvalue weighted by atomic mass is 79.9. The Morgan fingerprint density at radius 2 is 2.05 bits per heavy atom. The quantitative estimate of drug-likeness (QED) is 0.849. The van der Waals surface area contributed by atoms with Gasteiger partial charge in [-0.25, -0.2) is 0 Å². The van der Waals surface area contributed by atoms with E-state index in [-0.39, 0.29) is 0 Å². The third-order valence-electron chi connectivity index (χ3n) is 4.39. The molecule has 1 unspecified atom stereocenters. The Morgan fingerprint density at radius 1 is 1.21 bits per heavy atom. The minimum atomic E-state index is 0.780. The van der Waals surface area contributed by atoms with Gasteiger partial charge in [-0.1, -0.05) is 12.1 Å². The van der Waals surface area contributed by atoms with Crippen LogP contribution in [0.3, 0.4) is 0 Å². The number of nitrogens with zero attached hydrogens (tertiary/aromatic N) is 2. The molecule has 1 atom stereocenters. The maximum absolute atomic E-state index is 5.97. The Hall–Kier alpha value is -0.580. The SMILES string of the molecule is Nc1cccc(CN2CCCN3CCCC3C2)c1Br. The van der Waals surface area contributed by atoms with Crippen LogP contribution in [0.2, 0.25) is 0 Å². The van der Waals surface area contributed by atoms with Crippen molar-refractivity contribution < 1.29 is 0 Å². The van der Waals surface area contributed by atoms with Crippen LogP contribution >= 0.6 is 15.9 Å². The number of benzene rings is 1. The van der Waals surface area contributed by atoms with Crippen molar-refractivity contribution in [1.29, 1.82) is 0 Å². The summed E-state index contributed by atoms with van der Waals surface area (Å²) < 4.78 is 1.07. The molecular formula is C15H22BrN3. The van der Waals surface area contributed by atoms with Crippen molar-refractivity contribution in [3.63, 3.8) is 0 Å². The smallest absolute Gasteiger partial charge is 0.0461 e. The largest absolute Gasteiger partial charge is 0.398 e. The first-order valence-electron chi connectivity index (χ1n) is 7.23. The number of hydrogen-bond donors (Lipinski definition) is 1. The molecule has 2 aliphatic heterocycles. The second-order valence-corrected chi connectivity index (χ2v) is 6.53. The summed E-state index contributed by atoms with van der Waals surface area (Å²) in [6.07, 6.45) is 4.03. The lowest BCUT2D eigenvalue weighted by molar-refractivity contribution is 0.215. The zero-order chi connectivity index (χ0) is 13.2. The van der Waals surface area contributed by atoms with Crippen LogP contribution in [0.1, 0.15) is 24.8 Å². The molecule has 4 heteroatoms. The van der Waals surface area contributed by atoms with Gasteiger partial charge in [0.2, 0.25) is 0 Å². The fraction of sp³-hybridized carbons (Fsp3) is 0.600. The van der Waals surface area contributed by atoms with Crippen molar-refractivity contribution in [2.24, 2.45) is 0 Å². The first-order valence-corrected chi connectivity index (χ1v) is 8.02. The molecule has 19 heavy (non-hydrogen) atoms. The van der Waals surface area contributed by atoms with E-state index in [2.05, 4.69) is 37.9 Å². The van der Waals surface area contributed by atoms with E-state index in [1.54, 1.807) is 0 Å². The van der Waals surface area contributed by atoms with Crippen LogP contribution in [0.15, 0.2) is 22.7 Å². The molecular weight excluding hydrogens is 302 g/mol. The highest BCUT2D eigenvalue weighted by Gasteiger charge is 2.28. The second kappa shape index (κ2) is 5.81. The van der Waals surface area contributed by atoms with Crippen molar-refractivity contribution in [2.45, 2.75) is 31.8 Å². The molecule has 2 N–H and O–H groups in total. The number of nitrogen functional groups attached to an aromatic ring is 1. The summed E-state index contributed by atoms with van der Waals surface area (Å²) in [6.45, 7) is 6.01. The lowest BCUT2D eigenvalue weighted by Gasteiger charge is -2.26. The van der Waals surface area contributed by atoms with Crippen LogP contribution < -0.4 is 5.73 Å². The molecule has 1 aromatic rings. The van der Waals surface area contributed by atoms with Gasteiger partial charge in [0.25, 0.3) is 0 Å². The van der Waals surface area contributed by atoms with E-state index in [1.165, 1.54) is 51.0 Å². The number of nitrogens with two attached hydrogens (primary N) is 1. The Labute approximate surface area is 123 Å². The fourth-order valence-corrected chi connectivity index (χ4v) is 3.78. The number of anilines is 1. The molecule has 3 rings (SSSR count). The van der Waals surface area contributed by atoms with Crippen LogP contribution in [0.4, 0.5) is 5.69 Å². The van der Waals surface area contributed by atoms with E-state index < -0.39 is 0 Å². The molecule has 0 aromatic heterocycles. The summed E-state index contributed by atoms with van der Waals surface area (Å²) in [5.74, 6) is 0. The van der Waals surface area contributed by atoms with Crippen LogP contribution in [-0.4, -0.2) is 42.0 Å². The van der Waals surface area contributed by atoms with E-state index in [0.29, 0.717) is 0 Å². The van der Waals surface area contributed by atoms with Gasteiger partial charge in [0.15, 0.2) is 0 Å². The Bertz CT molecular complexity index is 449. The van der Waals surface area contributed by atoms with Gasteiger partial charge in [0.1, 0.15) is 0 Å². The topological polar surface area (TPSA) is 32.5 Å². The van der Waals surface area contributed by atoms with Crippen molar-refractivity contribution in [2.75, 3.05) is 31.9 Å². The first-order chi connectivity index (χ1) is 9.24. The van der Waals surface area contributed by atoms with Gasteiger partial charge in [-0.2, -0.15) is 0 Å². The normalized spacial score (nSPS) is 25.2. The maximum Gasteiger partial charge on any atom is 0.0461 e. The van der Waals surface area contributed by atoms with E-state index in [0.717, 1.165) is 22.7 Å². The maximum atomic E-state index is 5.97. The van der Waals surface area contributed by atoms with Gasteiger partial charge in [-0.05, 0) is 66.5 Å². The monoisotopic (exact) mass is 323 g/mol. The zero-order valence-electron chi connectivity index (χ0n) is 11.3. The summed E-state index contributed by atoms with van der Waals surface area (Å²) in [5, 5.41) is 0. The average molecular weight is 324 g/mol. The molecule has 0 saturated carbocycles. The van der Waals surface area contributed by atoms with E-state index in [1.807, 2.05) is 6.07 Å². The molecule has 2 aliphatic rings. The number of rotatable bonds is 2. The van der Waals surface area contributed by atoms with Crippen molar-refractivity contribution in [3.05, 3.63) is 28.2 Å². The van der Waals surface area contributed by atoms with Gasteiger partial charge < -0.3 is 5.73 Å². The first kappa shape index (κ1) is 13.4. The number of hydrogen-bond acceptors (Lipinski definition) is 3. The predicted molar refractivity (Wildman–Crippen MR) is 83.0 cm³/mol. The standard InChI is InChI=1S/C15H22BrN3/c16-15-12(4-1-6-14(15)17)10-18-7-3-9-19-8-2-5-13(19)11-18/h1,4,6,13H,2-3,5,7-11,17H2. The molecule has 0 radical (unpaired) electrons. The van der Waals surface area contributed by atoms with Crippen LogP contribution in [0.25, 0.3) is 0 Å². The van der Waals surface area contributed by atoms with E-state index >= 15 is 0 Å². The summed E-state index contributed by atoms with van der Waals surface area (Å²) in [4.78, 5) is 5.27. The molecule has 104 valence electrons. The average Bonchev–Trinajstić information content (AvgIpc) is 2.74. The molecule has 0 bridgehead atoms. The Balaban J connectivity index is 1.70. The Morgan fingerprint density at radius 3 is 2.95 bits per heavy atom. The fourth-order valence-electron chi connectivity index (χ4n) is 3.39. The molecule has 2 heterocycles. The molecule has 1 aromatic carbocycles. The summed E-state index contributed by atoms with van der Waals surface area (Å²) in [7, 11) is 0. The van der Waals surface area contributed by atoms with Gasteiger partial charge in [-0.3, -0.25) is 9.80 Å². The van der Waals surface area contributed by atoms with Crippen LogP contribution in [0.5, 0.6) is 0 Å². The third kappa shape index (κ3) is 2.96. The summed E-state index contributed by atoms with van der Waals surface area (Å²) in [5.41, 5.74) is 8.12.